The summed E-state index contributed by atoms with van der Waals surface area (Å²) in [4.78, 5) is 8.64. The third-order valence-electron chi connectivity index (χ3n) is 3.22. The quantitative estimate of drug-likeness (QED) is 0.758. The zero-order valence-corrected chi connectivity index (χ0v) is 12.2. The van der Waals surface area contributed by atoms with Gasteiger partial charge in [0.15, 0.2) is 5.82 Å². The minimum atomic E-state index is 0.147. The van der Waals surface area contributed by atoms with Gasteiger partial charge in [0, 0.05) is 23.5 Å². The summed E-state index contributed by atoms with van der Waals surface area (Å²) < 4.78 is 0. The Morgan fingerprint density at radius 1 is 0.905 bits per heavy atom. The summed E-state index contributed by atoms with van der Waals surface area (Å²) in [7, 11) is 0. The number of aromatic nitrogens is 2. The number of benzene rings is 2. The fourth-order valence-electron chi connectivity index (χ4n) is 2.24. The summed E-state index contributed by atoms with van der Waals surface area (Å²) in [6.07, 6.45) is 3.43. The van der Waals surface area contributed by atoms with E-state index < -0.39 is 0 Å². The van der Waals surface area contributed by atoms with Crippen molar-refractivity contribution in [3.8, 4) is 28.3 Å². The molecule has 0 fully saturated rings. The van der Waals surface area contributed by atoms with Crippen LogP contribution < -0.4 is 0 Å². The summed E-state index contributed by atoms with van der Waals surface area (Å²) in [5.41, 5.74) is 3.83. The Kier molecular flexibility index (Phi) is 3.59. The lowest BCUT2D eigenvalue weighted by molar-refractivity contribution is 0.475. The van der Waals surface area contributed by atoms with Crippen molar-refractivity contribution >= 4 is 11.6 Å². The van der Waals surface area contributed by atoms with Crippen LogP contribution in [-0.2, 0) is 0 Å². The van der Waals surface area contributed by atoms with E-state index in [1.54, 1.807) is 30.6 Å². The van der Waals surface area contributed by atoms with E-state index in [2.05, 4.69) is 9.97 Å². The lowest BCUT2D eigenvalue weighted by atomic mass is 9.97. The van der Waals surface area contributed by atoms with Gasteiger partial charge >= 0.3 is 0 Å². The smallest absolute Gasteiger partial charge is 0.159 e. The van der Waals surface area contributed by atoms with Gasteiger partial charge in [-0.2, -0.15) is 0 Å². The SMILES string of the molecule is Cc1ccc(-c2ccc(O)cc2Cl)c(-c2ncccn2)c1. The number of halogens is 1. The van der Waals surface area contributed by atoms with Gasteiger partial charge in [0.1, 0.15) is 5.75 Å². The Labute approximate surface area is 127 Å². The van der Waals surface area contributed by atoms with E-state index in [1.807, 2.05) is 25.1 Å². The molecular weight excluding hydrogens is 284 g/mol. The number of hydrogen-bond acceptors (Lipinski definition) is 3. The van der Waals surface area contributed by atoms with E-state index in [9.17, 15) is 5.11 Å². The molecule has 0 aliphatic rings. The molecule has 0 aliphatic carbocycles. The van der Waals surface area contributed by atoms with Crippen LogP contribution in [0.4, 0.5) is 0 Å². The Morgan fingerprint density at radius 2 is 1.62 bits per heavy atom. The van der Waals surface area contributed by atoms with Crippen LogP contribution in [0, 0.1) is 6.92 Å². The first-order chi connectivity index (χ1) is 10.1. The summed E-state index contributed by atoms with van der Waals surface area (Å²) >= 11 is 6.26. The number of rotatable bonds is 2. The maximum atomic E-state index is 9.51. The van der Waals surface area contributed by atoms with Gasteiger partial charge in [0.2, 0.25) is 0 Å². The zero-order chi connectivity index (χ0) is 14.8. The Morgan fingerprint density at radius 3 is 2.33 bits per heavy atom. The van der Waals surface area contributed by atoms with Crippen LogP contribution in [-0.4, -0.2) is 15.1 Å². The van der Waals surface area contributed by atoms with Crippen LogP contribution in [0.2, 0.25) is 5.02 Å². The van der Waals surface area contributed by atoms with Crippen LogP contribution in [0.5, 0.6) is 5.75 Å². The lowest BCUT2D eigenvalue weighted by Gasteiger charge is -2.11. The third kappa shape index (κ3) is 2.73. The van der Waals surface area contributed by atoms with Gasteiger partial charge in [-0.25, -0.2) is 9.97 Å². The van der Waals surface area contributed by atoms with Crippen molar-refractivity contribution in [3.05, 3.63) is 65.4 Å². The van der Waals surface area contributed by atoms with Crippen molar-refractivity contribution in [1.29, 1.82) is 0 Å². The molecular formula is C17H13ClN2O. The second kappa shape index (κ2) is 5.54. The molecule has 0 saturated carbocycles. The lowest BCUT2D eigenvalue weighted by Crippen LogP contribution is -1.92. The maximum Gasteiger partial charge on any atom is 0.159 e. The second-order valence-corrected chi connectivity index (χ2v) is 5.19. The predicted molar refractivity (Wildman–Crippen MR) is 84.3 cm³/mol. The number of phenols is 1. The summed E-state index contributed by atoms with van der Waals surface area (Å²) in [5.74, 6) is 0.800. The van der Waals surface area contributed by atoms with E-state index in [-0.39, 0.29) is 5.75 Å². The molecule has 0 aliphatic heterocycles. The minimum Gasteiger partial charge on any atom is -0.508 e. The molecule has 104 valence electrons. The number of aryl methyl sites for hydroxylation is 1. The minimum absolute atomic E-state index is 0.147. The highest BCUT2D eigenvalue weighted by Gasteiger charge is 2.12. The highest BCUT2D eigenvalue weighted by atomic mass is 35.5. The van der Waals surface area contributed by atoms with Crippen LogP contribution in [0.15, 0.2) is 54.9 Å². The molecule has 0 bridgehead atoms. The fraction of sp³-hybridized carbons (Fsp3) is 0.0588. The van der Waals surface area contributed by atoms with Gasteiger partial charge in [-0.15, -0.1) is 0 Å². The van der Waals surface area contributed by atoms with Crippen molar-refractivity contribution in [1.82, 2.24) is 9.97 Å². The van der Waals surface area contributed by atoms with E-state index in [4.69, 9.17) is 11.6 Å². The van der Waals surface area contributed by atoms with Crippen molar-refractivity contribution in [2.24, 2.45) is 0 Å². The highest BCUT2D eigenvalue weighted by Crippen LogP contribution is 2.36. The molecule has 0 atom stereocenters. The first-order valence-corrected chi connectivity index (χ1v) is 6.90. The van der Waals surface area contributed by atoms with Crippen molar-refractivity contribution in [2.75, 3.05) is 0 Å². The van der Waals surface area contributed by atoms with Crippen LogP contribution in [0.3, 0.4) is 0 Å². The van der Waals surface area contributed by atoms with Crippen LogP contribution >= 0.6 is 11.6 Å². The molecule has 1 aromatic heterocycles. The number of aromatic hydroxyl groups is 1. The van der Waals surface area contributed by atoms with Gasteiger partial charge in [0.25, 0.3) is 0 Å². The molecule has 2 aromatic carbocycles. The maximum absolute atomic E-state index is 9.51. The topological polar surface area (TPSA) is 46.0 Å². The molecule has 0 radical (unpaired) electrons. The summed E-state index contributed by atoms with van der Waals surface area (Å²) in [5, 5.41) is 10.0. The van der Waals surface area contributed by atoms with E-state index in [0.29, 0.717) is 10.8 Å². The zero-order valence-electron chi connectivity index (χ0n) is 11.4. The molecule has 21 heavy (non-hydrogen) atoms. The number of nitrogens with zero attached hydrogens (tertiary/aromatic N) is 2. The Hall–Kier alpha value is -2.39. The average Bonchev–Trinajstić information content (AvgIpc) is 2.49. The average molecular weight is 297 g/mol. The molecule has 4 heteroatoms. The van der Waals surface area contributed by atoms with Gasteiger partial charge in [-0.3, -0.25) is 0 Å². The first kappa shape index (κ1) is 13.6. The van der Waals surface area contributed by atoms with Crippen molar-refractivity contribution in [3.63, 3.8) is 0 Å². The van der Waals surface area contributed by atoms with Crippen LogP contribution in [0.25, 0.3) is 22.5 Å². The highest BCUT2D eigenvalue weighted by molar-refractivity contribution is 6.33. The fourth-order valence-corrected chi connectivity index (χ4v) is 2.52. The molecule has 1 N–H and O–H groups in total. The normalized spacial score (nSPS) is 10.6. The predicted octanol–water partition coefficient (Wildman–Crippen LogP) is 4.48. The molecule has 3 nitrogen and oxygen atoms in total. The van der Waals surface area contributed by atoms with Gasteiger partial charge in [-0.1, -0.05) is 29.3 Å². The van der Waals surface area contributed by atoms with Crippen molar-refractivity contribution < 1.29 is 5.11 Å². The van der Waals surface area contributed by atoms with Gasteiger partial charge in [-0.05, 0) is 42.8 Å². The molecule has 0 spiro atoms. The number of phenolic OH excluding ortho intramolecular Hbond substituents is 1. The molecule has 1 heterocycles. The Balaban J connectivity index is 2.24. The largest absolute Gasteiger partial charge is 0.508 e. The van der Waals surface area contributed by atoms with E-state index in [0.717, 1.165) is 22.3 Å². The van der Waals surface area contributed by atoms with Gasteiger partial charge in [0.05, 0.1) is 5.02 Å². The first-order valence-electron chi connectivity index (χ1n) is 6.52. The molecule has 3 rings (SSSR count). The standard InChI is InChI=1S/C17H13ClN2O/c1-11-3-5-13(14-6-4-12(21)10-16(14)18)15(9-11)17-19-7-2-8-20-17/h2-10,21H,1H3. The van der Waals surface area contributed by atoms with Crippen molar-refractivity contribution in [2.45, 2.75) is 6.92 Å². The molecule has 0 saturated heterocycles. The monoisotopic (exact) mass is 296 g/mol. The Bertz CT molecular complexity index is 788. The molecule has 3 aromatic rings. The van der Waals surface area contributed by atoms with E-state index in [1.165, 1.54) is 6.07 Å². The molecule has 0 unspecified atom stereocenters. The van der Waals surface area contributed by atoms with Gasteiger partial charge < -0.3 is 5.11 Å². The van der Waals surface area contributed by atoms with Crippen LogP contribution in [0.1, 0.15) is 5.56 Å². The third-order valence-corrected chi connectivity index (χ3v) is 3.54. The molecule has 0 amide bonds. The number of hydrogen-bond donors (Lipinski definition) is 1. The summed E-state index contributed by atoms with van der Waals surface area (Å²) in [6, 6.07) is 12.8. The summed E-state index contributed by atoms with van der Waals surface area (Å²) in [6.45, 7) is 2.02. The van der Waals surface area contributed by atoms with E-state index >= 15 is 0 Å². The second-order valence-electron chi connectivity index (χ2n) is 4.79.